The van der Waals surface area contributed by atoms with E-state index in [0.29, 0.717) is 12.1 Å². The van der Waals surface area contributed by atoms with Gasteiger partial charge in [0.15, 0.2) is 0 Å². The molecule has 0 aromatic carbocycles. The van der Waals surface area contributed by atoms with Crippen molar-refractivity contribution < 1.29 is 4.79 Å². The number of rotatable bonds is 0. The van der Waals surface area contributed by atoms with E-state index in [2.05, 4.69) is 10.6 Å². The van der Waals surface area contributed by atoms with E-state index >= 15 is 0 Å². The molecule has 0 bridgehead atoms. The molecule has 0 spiro atoms. The Hall–Kier alpha value is -0.730. The molecular formula is C7H12N2O. The summed E-state index contributed by atoms with van der Waals surface area (Å²) in [5.74, 6) is 0. The summed E-state index contributed by atoms with van der Waals surface area (Å²) in [6, 6.07) is 0.888. The van der Waals surface area contributed by atoms with Crippen molar-refractivity contribution >= 4 is 6.03 Å². The van der Waals surface area contributed by atoms with Crippen molar-refractivity contribution in [2.45, 2.75) is 37.8 Å². The van der Waals surface area contributed by atoms with Crippen LogP contribution in [0, 0.1) is 0 Å². The molecule has 0 unspecified atom stereocenters. The Bertz CT molecular complexity index is 142. The maximum absolute atomic E-state index is 10.8. The van der Waals surface area contributed by atoms with Crippen LogP contribution >= 0.6 is 0 Å². The van der Waals surface area contributed by atoms with Crippen LogP contribution in [0.2, 0.25) is 0 Å². The van der Waals surface area contributed by atoms with Gasteiger partial charge in [-0.05, 0) is 12.8 Å². The molecule has 1 aliphatic heterocycles. The highest BCUT2D eigenvalue weighted by Crippen LogP contribution is 2.20. The number of carbonyl (C=O) groups is 1. The minimum Gasteiger partial charge on any atom is -0.333 e. The lowest BCUT2D eigenvalue weighted by molar-refractivity contribution is 0.247. The first-order valence-electron chi connectivity index (χ1n) is 3.93. The quantitative estimate of drug-likeness (QED) is 0.508. The van der Waals surface area contributed by atoms with Crippen LogP contribution < -0.4 is 10.6 Å². The van der Waals surface area contributed by atoms with Crippen LogP contribution in [-0.4, -0.2) is 18.1 Å². The summed E-state index contributed by atoms with van der Waals surface area (Å²) in [6.07, 6.45) is 4.85. The third-order valence-corrected chi connectivity index (χ3v) is 2.40. The van der Waals surface area contributed by atoms with Gasteiger partial charge in [0.05, 0.1) is 12.1 Å². The molecule has 1 saturated heterocycles. The molecule has 2 N–H and O–H groups in total. The molecule has 56 valence electrons. The van der Waals surface area contributed by atoms with Gasteiger partial charge in [-0.25, -0.2) is 4.79 Å². The van der Waals surface area contributed by atoms with E-state index in [0.717, 1.165) is 12.8 Å². The number of hydrogen-bond donors (Lipinski definition) is 2. The van der Waals surface area contributed by atoms with Crippen LogP contribution in [0.3, 0.4) is 0 Å². The number of amides is 2. The van der Waals surface area contributed by atoms with Crippen molar-refractivity contribution in [1.82, 2.24) is 10.6 Å². The lowest BCUT2D eigenvalue weighted by atomic mass is 9.92. The van der Waals surface area contributed by atoms with Crippen LogP contribution in [0.1, 0.15) is 25.7 Å². The largest absolute Gasteiger partial charge is 0.333 e. The summed E-state index contributed by atoms with van der Waals surface area (Å²) >= 11 is 0. The van der Waals surface area contributed by atoms with Crippen molar-refractivity contribution in [3.05, 3.63) is 0 Å². The molecule has 0 radical (unpaired) electrons. The smallest absolute Gasteiger partial charge is 0.315 e. The molecule has 0 aromatic rings. The fourth-order valence-corrected chi connectivity index (χ4v) is 1.85. The summed E-state index contributed by atoms with van der Waals surface area (Å²) in [5, 5.41) is 5.81. The average molecular weight is 140 g/mol. The molecule has 3 nitrogen and oxygen atoms in total. The molecule has 1 heterocycles. The third-order valence-electron chi connectivity index (χ3n) is 2.40. The first-order valence-corrected chi connectivity index (χ1v) is 3.93. The fourth-order valence-electron chi connectivity index (χ4n) is 1.85. The third kappa shape index (κ3) is 0.856. The monoisotopic (exact) mass is 140 g/mol. The minimum atomic E-state index is 0.0249. The van der Waals surface area contributed by atoms with Gasteiger partial charge in [0.25, 0.3) is 0 Å². The van der Waals surface area contributed by atoms with E-state index in [1.54, 1.807) is 0 Å². The zero-order valence-electron chi connectivity index (χ0n) is 5.89. The Balaban J connectivity index is 2.04. The number of fused-ring (bicyclic) bond motifs is 1. The second-order valence-electron chi connectivity index (χ2n) is 3.12. The van der Waals surface area contributed by atoms with Crippen LogP contribution in [0.25, 0.3) is 0 Å². The molecule has 2 amide bonds. The van der Waals surface area contributed by atoms with Gasteiger partial charge in [0.2, 0.25) is 0 Å². The van der Waals surface area contributed by atoms with Gasteiger partial charge >= 0.3 is 6.03 Å². The van der Waals surface area contributed by atoms with E-state index in [4.69, 9.17) is 0 Å². The summed E-state index contributed by atoms with van der Waals surface area (Å²) in [5.41, 5.74) is 0. The zero-order chi connectivity index (χ0) is 6.97. The van der Waals surface area contributed by atoms with Crippen molar-refractivity contribution in [3.8, 4) is 0 Å². The Morgan fingerprint density at radius 1 is 1.10 bits per heavy atom. The molecular weight excluding hydrogens is 128 g/mol. The number of hydrogen-bond acceptors (Lipinski definition) is 1. The predicted octanol–water partition coefficient (Wildman–Crippen LogP) is 0.610. The van der Waals surface area contributed by atoms with Gasteiger partial charge in [-0.3, -0.25) is 0 Å². The molecule has 3 heteroatoms. The predicted molar refractivity (Wildman–Crippen MR) is 37.7 cm³/mol. The molecule has 1 aliphatic carbocycles. The van der Waals surface area contributed by atoms with Crippen molar-refractivity contribution in [3.63, 3.8) is 0 Å². The van der Waals surface area contributed by atoms with Gasteiger partial charge in [-0.1, -0.05) is 12.8 Å². The average Bonchev–Trinajstić information content (AvgIpc) is 2.27. The highest BCUT2D eigenvalue weighted by molar-refractivity contribution is 5.77. The van der Waals surface area contributed by atoms with Gasteiger partial charge in [0, 0.05) is 0 Å². The van der Waals surface area contributed by atoms with Crippen LogP contribution in [0.5, 0.6) is 0 Å². The Kier molecular flexibility index (Phi) is 1.29. The highest BCUT2D eigenvalue weighted by atomic mass is 16.2. The molecule has 10 heavy (non-hydrogen) atoms. The summed E-state index contributed by atoms with van der Waals surface area (Å²) in [7, 11) is 0. The SMILES string of the molecule is O=C1N[C@@H]2CCCC[C@H]2N1. The Morgan fingerprint density at radius 2 is 1.60 bits per heavy atom. The second-order valence-corrected chi connectivity index (χ2v) is 3.12. The summed E-state index contributed by atoms with van der Waals surface area (Å²) < 4.78 is 0. The van der Waals surface area contributed by atoms with Gasteiger partial charge in [-0.15, -0.1) is 0 Å². The van der Waals surface area contributed by atoms with Crippen molar-refractivity contribution in [2.75, 3.05) is 0 Å². The molecule has 0 aromatic heterocycles. The number of nitrogens with one attached hydrogen (secondary N) is 2. The lowest BCUT2D eigenvalue weighted by Crippen LogP contribution is -2.36. The maximum Gasteiger partial charge on any atom is 0.315 e. The Morgan fingerprint density at radius 3 is 2.10 bits per heavy atom. The van der Waals surface area contributed by atoms with Crippen molar-refractivity contribution in [2.24, 2.45) is 0 Å². The molecule has 2 aliphatic rings. The number of carbonyl (C=O) groups excluding carboxylic acids is 1. The number of urea groups is 1. The van der Waals surface area contributed by atoms with E-state index < -0.39 is 0 Å². The van der Waals surface area contributed by atoms with Crippen LogP contribution in [0.4, 0.5) is 4.79 Å². The van der Waals surface area contributed by atoms with E-state index in [-0.39, 0.29) is 6.03 Å². The zero-order valence-corrected chi connectivity index (χ0v) is 5.89. The molecule has 1 saturated carbocycles. The molecule has 2 atom stereocenters. The molecule has 2 fully saturated rings. The topological polar surface area (TPSA) is 41.1 Å². The van der Waals surface area contributed by atoms with Gasteiger partial charge in [-0.2, -0.15) is 0 Å². The fraction of sp³-hybridized carbons (Fsp3) is 0.857. The lowest BCUT2D eigenvalue weighted by Gasteiger charge is -2.22. The second kappa shape index (κ2) is 2.15. The van der Waals surface area contributed by atoms with E-state index in [1.165, 1.54) is 12.8 Å². The first-order chi connectivity index (χ1) is 4.86. The molecule has 2 rings (SSSR count). The van der Waals surface area contributed by atoms with E-state index in [9.17, 15) is 4.79 Å². The highest BCUT2D eigenvalue weighted by Gasteiger charge is 2.32. The Labute approximate surface area is 60.2 Å². The van der Waals surface area contributed by atoms with Crippen LogP contribution in [-0.2, 0) is 0 Å². The maximum atomic E-state index is 10.8. The first kappa shape index (κ1) is 6.01. The normalized spacial score (nSPS) is 38.2. The summed E-state index contributed by atoms with van der Waals surface area (Å²) in [4.78, 5) is 10.8. The standard InChI is InChI=1S/C7H12N2O/c10-7-8-5-3-1-2-4-6(5)9-7/h5-6H,1-4H2,(H2,8,9,10)/t5-,6-/m1/s1. The van der Waals surface area contributed by atoms with Gasteiger partial charge in [0.1, 0.15) is 0 Å². The van der Waals surface area contributed by atoms with E-state index in [1.807, 2.05) is 0 Å². The summed E-state index contributed by atoms with van der Waals surface area (Å²) in [6.45, 7) is 0. The van der Waals surface area contributed by atoms with Crippen LogP contribution in [0.15, 0.2) is 0 Å². The van der Waals surface area contributed by atoms with Crippen molar-refractivity contribution in [1.29, 1.82) is 0 Å². The van der Waals surface area contributed by atoms with Gasteiger partial charge < -0.3 is 10.6 Å². The minimum absolute atomic E-state index is 0.0249.